The molecule has 0 aromatic heterocycles. The molecule has 0 spiro atoms. The molecule has 0 aliphatic carbocycles. The van der Waals surface area contributed by atoms with Crippen LogP contribution in [0.25, 0.3) is 0 Å². The first-order chi connectivity index (χ1) is 11.2. The molecule has 0 unspecified atom stereocenters. The minimum atomic E-state index is -0.898. The fourth-order valence-electron chi connectivity index (χ4n) is 1.12. The van der Waals surface area contributed by atoms with Crippen molar-refractivity contribution in [1.29, 1.82) is 0 Å². The third-order valence-corrected chi connectivity index (χ3v) is 2.66. The van der Waals surface area contributed by atoms with E-state index in [4.69, 9.17) is 9.47 Å². The van der Waals surface area contributed by atoms with Crippen LogP contribution in [0.1, 0.15) is 48.0 Å². The van der Waals surface area contributed by atoms with Gasteiger partial charge in [-0.1, -0.05) is 6.58 Å². The van der Waals surface area contributed by atoms with E-state index < -0.39 is 54.7 Å². The number of carbonyl (C=O) groups is 4. The predicted octanol–water partition coefficient (Wildman–Crippen LogP) is 2.11. The van der Waals surface area contributed by atoms with Gasteiger partial charge in [0.15, 0.2) is 0 Å². The molecule has 0 aliphatic heterocycles. The van der Waals surface area contributed by atoms with Gasteiger partial charge in [-0.3, -0.25) is 14.4 Å². The summed E-state index contributed by atoms with van der Waals surface area (Å²) in [6.45, 7) is 12.2. The van der Waals surface area contributed by atoms with Crippen LogP contribution in [-0.4, -0.2) is 37.5 Å². The van der Waals surface area contributed by atoms with E-state index in [-0.39, 0.29) is 5.57 Å². The van der Waals surface area contributed by atoms with Crippen LogP contribution in [0, 0.1) is 10.8 Å². The van der Waals surface area contributed by atoms with Crippen LogP contribution < -0.4 is 0 Å². The Hall–Kier alpha value is -2.38. The molecule has 0 saturated carbocycles. The lowest BCUT2D eigenvalue weighted by molar-refractivity contribution is -0.175. The van der Waals surface area contributed by atoms with E-state index in [9.17, 15) is 19.2 Å². The molecular formula is C17H26O8. The largest absolute Gasteiger partial charge is 0.428 e. The molecule has 0 fully saturated rings. The molecular weight excluding hydrogens is 332 g/mol. The maximum Gasteiger partial charge on any atom is 0.336 e. The van der Waals surface area contributed by atoms with Crippen molar-refractivity contribution in [2.45, 2.75) is 48.0 Å². The van der Waals surface area contributed by atoms with E-state index in [2.05, 4.69) is 16.1 Å². The molecule has 0 atom stereocenters. The highest BCUT2D eigenvalue weighted by molar-refractivity contribution is 5.93. The zero-order chi connectivity index (χ0) is 19.8. The Morgan fingerprint density at radius 1 is 0.720 bits per heavy atom. The third kappa shape index (κ3) is 9.49. The second kappa shape index (κ2) is 9.19. The first kappa shape index (κ1) is 22.6. The summed E-state index contributed by atoms with van der Waals surface area (Å²) < 4.78 is 18.9. The summed E-state index contributed by atoms with van der Waals surface area (Å²) in [5.41, 5.74) is -1.62. The summed E-state index contributed by atoms with van der Waals surface area (Å²) in [6.07, 6.45) is -0.445. The summed E-state index contributed by atoms with van der Waals surface area (Å²) in [4.78, 5) is 46.1. The second-order valence-corrected chi connectivity index (χ2v) is 7.33. The molecule has 0 aliphatic rings. The molecule has 8 heteroatoms. The van der Waals surface area contributed by atoms with E-state index in [1.165, 1.54) is 0 Å². The quantitative estimate of drug-likeness (QED) is 0.387. The number of hydrogen-bond acceptors (Lipinski definition) is 8. The van der Waals surface area contributed by atoms with Crippen LogP contribution in [0.3, 0.4) is 0 Å². The van der Waals surface area contributed by atoms with Crippen molar-refractivity contribution in [2.75, 3.05) is 13.6 Å². The highest BCUT2D eigenvalue weighted by Crippen LogP contribution is 2.16. The van der Waals surface area contributed by atoms with Gasteiger partial charge in [-0.2, -0.15) is 0 Å². The molecule has 0 heterocycles. The monoisotopic (exact) mass is 358 g/mol. The van der Waals surface area contributed by atoms with E-state index in [1.807, 2.05) is 0 Å². The molecule has 0 aromatic rings. The molecule has 8 nitrogen and oxygen atoms in total. The van der Waals surface area contributed by atoms with Crippen molar-refractivity contribution in [3.63, 3.8) is 0 Å². The summed E-state index contributed by atoms with van der Waals surface area (Å²) >= 11 is 0. The van der Waals surface area contributed by atoms with Gasteiger partial charge in [0.2, 0.25) is 13.6 Å². The summed E-state index contributed by atoms with van der Waals surface area (Å²) in [5, 5.41) is 0. The molecule has 0 rings (SSSR count). The van der Waals surface area contributed by atoms with E-state index in [0.717, 1.165) is 0 Å². The minimum absolute atomic E-state index is 0.182. The molecule has 0 amide bonds. The van der Waals surface area contributed by atoms with Gasteiger partial charge < -0.3 is 18.9 Å². The van der Waals surface area contributed by atoms with Crippen LogP contribution in [0.5, 0.6) is 0 Å². The SMILES string of the molecule is C=C(CC(=O)OCOC(=O)C(C)(C)C)C(=O)OCOC(=O)C(C)(C)C. The first-order valence-corrected chi connectivity index (χ1v) is 7.60. The van der Waals surface area contributed by atoms with Crippen LogP contribution in [0.2, 0.25) is 0 Å². The maximum absolute atomic E-state index is 11.6. The fraction of sp³-hybridized carbons (Fsp3) is 0.647. The molecule has 0 N–H and O–H groups in total. The van der Waals surface area contributed by atoms with Gasteiger partial charge in [-0.05, 0) is 41.5 Å². The van der Waals surface area contributed by atoms with Crippen LogP contribution >= 0.6 is 0 Å². The number of esters is 4. The number of hydrogen-bond donors (Lipinski definition) is 0. The zero-order valence-corrected chi connectivity index (χ0v) is 15.6. The van der Waals surface area contributed by atoms with Gasteiger partial charge in [-0.25, -0.2) is 4.79 Å². The van der Waals surface area contributed by atoms with Crippen molar-refractivity contribution in [3.8, 4) is 0 Å². The average Bonchev–Trinajstić information content (AvgIpc) is 2.44. The molecule has 0 bridgehead atoms. The molecule has 0 radical (unpaired) electrons. The maximum atomic E-state index is 11.6. The molecule has 25 heavy (non-hydrogen) atoms. The standard InChI is InChI=1S/C17H26O8/c1-11(13(19)23-10-25-15(21)17(5,6)7)8-12(18)22-9-24-14(20)16(2,3)4/h1,8-10H2,2-7H3. The number of ether oxygens (including phenoxy) is 4. The number of rotatable bonds is 7. The van der Waals surface area contributed by atoms with Gasteiger partial charge in [0, 0.05) is 5.57 Å². The third-order valence-electron chi connectivity index (χ3n) is 2.66. The molecule has 0 saturated heterocycles. The van der Waals surface area contributed by atoms with Crippen molar-refractivity contribution >= 4 is 23.9 Å². The Morgan fingerprint density at radius 3 is 1.52 bits per heavy atom. The Morgan fingerprint density at radius 2 is 1.12 bits per heavy atom. The normalized spacial score (nSPS) is 11.3. The van der Waals surface area contributed by atoms with Gasteiger partial charge in [0.05, 0.1) is 17.3 Å². The van der Waals surface area contributed by atoms with Crippen LogP contribution in [0.4, 0.5) is 0 Å². The van der Waals surface area contributed by atoms with E-state index >= 15 is 0 Å². The first-order valence-electron chi connectivity index (χ1n) is 7.60. The van der Waals surface area contributed by atoms with Crippen molar-refractivity contribution in [2.24, 2.45) is 10.8 Å². The highest BCUT2D eigenvalue weighted by Gasteiger charge is 2.24. The number of carbonyl (C=O) groups excluding carboxylic acids is 4. The van der Waals surface area contributed by atoms with Crippen molar-refractivity contribution < 1.29 is 38.1 Å². The lowest BCUT2D eigenvalue weighted by Gasteiger charge is -2.17. The smallest absolute Gasteiger partial charge is 0.336 e. The topological polar surface area (TPSA) is 105 Å². The van der Waals surface area contributed by atoms with Crippen molar-refractivity contribution in [3.05, 3.63) is 12.2 Å². The lowest BCUT2D eigenvalue weighted by Crippen LogP contribution is -2.25. The molecule has 142 valence electrons. The summed E-state index contributed by atoms with van der Waals surface area (Å²) in [5.74, 6) is -2.77. The fourth-order valence-corrected chi connectivity index (χ4v) is 1.12. The van der Waals surface area contributed by atoms with Gasteiger partial charge in [0.1, 0.15) is 0 Å². The van der Waals surface area contributed by atoms with Crippen molar-refractivity contribution in [1.82, 2.24) is 0 Å². The van der Waals surface area contributed by atoms with Gasteiger partial charge >= 0.3 is 23.9 Å². The predicted molar refractivity (Wildman–Crippen MR) is 86.8 cm³/mol. The highest BCUT2D eigenvalue weighted by atomic mass is 16.7. The Balaban J connectivity index is 4.11. The zero-order valence-electron chi connectivity index (χ0n) is 15.6. The van der Waals surface area contributed by atoms with Crippen LogP contribution in [0.15, 0.2) is 12.2 Å². The van der Waals surface area contributed by atoms with E-state index in [0.29, 0.717) is 0 Å². The molecule has 0 aromatic carbocycles. The summed E-state index contributed by atoms with van der Waals surface area (Å²) in [6, 6.07) is 0. The second-order valence-electron chi connectivity index (χ2n) is 7.33. The van der Waals surface area contributed by atoms with Gasteiger partial charge in [-0.15, -0.1) is 0 Å². The Kier molecular flexibility index (Phi) is 8.32. The average molecular weight is 358 g/mol. The van der Waals surface area contributed by atoms with Crippen LogP contribution in [-0.2, 0) is 38.1 Å². The van der Waals surface area contributed by atoms with E-state index in [1.54, 1.807) is 41.5 Å². The minimum Gasteiger partial charge on any atom is -0.428 e. The Bertz CT molecular complexity index is 534. The lowest BCUT2D eigenvalue weighted by atomic mass is 9.97. The Labute approximate surface area is 147 Å². The summed E-state index contributed by atoms with van der Waals surface area (Å²) in [7, 11) is 0. The van der Waals surface area contributed by atoms with Gasteiger partial charge in [0.25, 0.3) is 0 Å².